The number of piperidine rings is 1. The molecule has 1 N–H and O–H groups in total. The molecular weight excluding hydrogens is 386 g/mol. The molecule has 0 amide bonds. The Morgan fingerprint density at radius 1 is 1.03 bits per heavy atom. The van der Waals surface area contributed by atoms with Gasteiger partial charge in [-0.2, -0.15) is 5.10 Å². The van der Waals surface area contributed by atoms with Crippen molar-refractivity contribution in [3.8, 4) is 0 Å². The second kappa shape index (κ2) is 8.11. The van der Waals surface area contributed by atoms with E-state index >= 15 is 0 Å². The molecule has 0 radical (unpaired) electrons. The standard InChI is InChI=1S/C24H33N7/c1-16-11-19(30-9-6-25-7-10-30)13-26-23(16)20-5-8-31(15-17(20)2)22-12-18(3)28-24-21(22)14-27-29(24)4/h11-14,17,20,25H,5-10,15H2,1-4H3/t17?,20-/m1/s1. The van der Waals surface area contributed by atoms with Crippen molar-refractivity contribution in [1.82, 2.24) is 25.1 Å². The number of piperazine rings is 1. The van der Waals surface area contributed by atoms with Crippen molar-refractivity contribution in [2.45, 2.75) is 33.1 Å². The molecule has 0 aliphatic carbocycles. The van der Waals surface area contributed by atoms with Crippen LogP contribution in [0.15, 0.2) is 24.5 Å². The zero-order valence-corrected chi connectivity index (χ0v) is 19.1. The fourth-order valence-corrected chi connectivity index (χ4v) is 5.31. The molecule has 164 valence electrons. The lowest BCUT2D eigenvalue weighted by Crippen LogP contribution is -2.43. The highest BCUT2D eigenvalue weighted by Gasteiger charge is 2.30. The fraction of sp³-hybridized carbons (Fsp3) is 0.542. The zero-order valence-electron chi connectivity index (χ0n) is 19.1. The van der Waals surface area contributed by atoms with E-state index in [2.05, 4.69) is 64.3 Å². The van der Waals surface area contributed by atoms with Gasteiger partial charge in [-0.1, -0.05) is 6.92 Å². The largest absolute Gasteiger partial charge is 0.371 e. The van der Waals surface area contributed by atoms with Crippen molar-refractivity contribution >= 4 is 22.4 Å². The summed E-state index contributed by atoms with van der Waals surface area (Å²) >= 11 is 0. The summed E-state index contributed by atoms with van der Waals surface area (Å²) in [4.78, 5) is 14.6. The molecule has 2 fully saturated rings. The van der Waals surface area contributed by atoms with Crippen molar-refractivity contribution in [1.29, 1.82) is 0 Å². The minimum atomic E-state index is 0.501. The monoisotopic (exact) mass is 419 g/mol. The van der Waals surface area contributed by atoms with E-state index in [9.17, 15) is 0 Å². The van der Waals surface area contributed by atoms with E-state index in [1.54, 1.807) is 0 Å². The number of fused-ring (bicyclic) bond motifs is 1. The molecule has 31 heavy (non-hydrogen) atoms. The number of pyridine rings is 2. The van der Waals surface area contributed by atoms with Crippen molar-refractivity contribution in [2.24, 2.45) is 13.0 Å². The van der Waals surface area contributed by atoms with E-state index in [-0.39, 0.29) is 0 Å². The Hall–Kier alpha value is -2.67. The van der Waals surface area contributed by atoms with Crippen LogP contribution >= 0.6 is 0 Å². The second-order valence-electron chi connectivity index (χ2n) is 9.24. The zero-order chi connectivity index (χ0) is 21.5. The molecule has 7 heteroatoms. The van der Waals surface area contributed by atoms with Gasteiger partial charge in [0.25, 0.3) is 0 Å². The molecule has 5 heterocycles. The SMILES string of the molecule is Cc1cc(N2CC[C@@H](c3ncc(N4CCNCC4)cc3C)C(C)C2)c2cnn(C)c2n1. The molecule has 0 spiro atoms. The van der Waals surface area contributed by atoms with Crippen LogP contribution in [0.5, 0.6) is 0 Å². The van der Waals surface area contributed by atoms with Gasteiger partial charge in [-0.25, -0.2) is 4.98 Å². The number of anilines is 2. The van der Waals surface area contributed by atoms with Crippen molar-refractivity contribution in [3.63, 3.8) is 0 Å². The van der Waals surface area contributed by atoms with Crippen LogP contribution in [-0.2, 0) is 7.05 Å². The highest BCUT2D eigenvalue weighted by atomic mass is 15.3. The van der Waals surface area contributed by atoms with Crippen LogP contribution in [0.25, 0.3) is 11.0 Å². The molecular formula is C24H33N7. The minimum Gasteiger partial charge on any atom is -0.371 e. The van der Waals surface area contributed by atoms with Crippen molar-refractivity contribution < 1.29 is 0 Å². The van der Waals surface area contributed by atoms with Crippen LogP contribution < -0.4 is 15.1 Å². The van der Waals surface area contributed by atoms with Crippen molar-refractivity contribution in [2.75, 3.05) is 49.1 Å². The third-order valence-corrected chi connectivity index (χ3v) is 6.99. The molecule has 2 saturated heterocycles. The molecule has 2 aliphatic rings. The first kappa shape index (κ1) is 20.2. The molecule has 0 aromatic carbocycles. The fourth-order valence-electron chi connectivity index (χ4n) is 5.31. The maximum atomic E-state index is 4.99. The first-order chi connectivity index (χ1) is 15.0. The van der Waals surface area contributed by atoms with Crippen LogP contribution in [0.4, 0.5) is 11.4 Å². The summed E-state index contributed by atoms with van der Waals surface area (Å²) < 4.78 is 1.87. The first-order valence-corrected chi connectivity index (χ1v) is 11.5. The van der Waals surface area contributed by atoms with Crippen molar-refractivity contribution in [3.05, 3.63) is 41.5 Å². The normalized spacial score (nSPS) is 22.3. The number of aromatic nitrogens is 4. The Morgan fingerprint density at radius 3 is 2.58 bits per heavy atom. The summed E-state index contributed by atoms with van der Waals surface area (Å²) in [5.41, 5.74) is 7.14. The first-order valence-electron chi connectivity index (χ1n) is 11.5. The predicted molar refractivity (Wildman–Crippen MR) is 126 cm³/mol. The van der Waals surface area contributed by atoms with Gasteiger partial charge in [0.2, 0.25) is 0 Å². The number of nitrogens with one attached hydrogen (secondary N) is 1. The Bertz CT molecular complexity index is 1080. The van der Waals surface area contributed by atoms with Gasteiger partial charge in [0.1, 0.15) is 0 Å². The molecule has 7 nitrogen and oxygen atoms in total. The van der Waals surface area contributed by atoms with Gasteiger partial charge in [-0.05, 0) is 43.9 Å². The minimum absolute atomic E-state index is 0.501. The van der Waals surface area contributed by atoms with Gasteiger partial charge >= 0.3 is 0 Å². The highest BCUT2D eigenvalue weighted by molar-refractivity contribution is 5.89. The molecule has 2 atom stereocenters. The number of aryl methyl sites for hydroxylation is 3. The average Bonchev–Trinajstić information content (AvgIpc) is 3.14. The summed E-state index contributed by atoms with van der Waals surface area (Å²) in [6.45, 7) is 13.0. The lowest BCUT2D eigenvalue weighted by atomic mass is 9.82. The van der Waals surface area contributed by atoms with Gasteiger partial charge in [0.05, 0.1) is 29.2 Å². The maximum Gasteiger partial charge on any atom is 0.159 e. The predicted octanol–water partition coefficient (Wildman–Crippen LogP) is 3.02. The van der Waals surface area contributed by atoms with Crippen LogP contribution in [-0.4, -0.2) is 59.0 Å². The van der Waals surface area contributed by atoms with Gasteiger partial charge < -0.3 is 15.1 Å². The Morgan fingerprint density at radius 2 is 1.84 bits per heavy atom. The topological polar surface area (TPSA) is 62.1 Å². The van der Waals surface area contributed by atoms with Crippen LogP contribution in [0, 0.1) is 19.8 Å². The highest BCUT2D eigenvalue weighted by Crippen LogP contribution is 2.37. The molecule has 1 unspecified atom stereocenters. The quantitative estimate of drug-likeness (QED) is 0.704. The summed E-state index contributed by atoms with van der Waals surface area (Å²) in [6, 6.07) is 4.56. The Labute approximate surface area is 184 Å². The third-order valence-electron chi connectivity index (χ3n) is 6.99. The van der Waals surface area contributed by atoms with E-state index in [0.717, 1.165) is 62.4 Å². The molecule has 0 saturated carbocycles. The van der Waals surface area contributed by atoms with E-state index < -0.39 is 0 Å². The second-order valence-corrected chi connectivity index (χ2v) is 9.24. The molecule has 3 aromatic rings. The maximum absolute atomic E-state index is 4.99. The number of hydrogen-bond acceptors (Lipinski definition) is 6. The van der Waals surface area contributed by atoms with Gasteiger partial charge in [0.15, 0.2) is 5.65 Å². The smallest absolute Gasteiger partial charge is 0.159 e. The van der Waals surface area contributed by atoms with E-state index in [1.807, 2.05) is 17.9 Å². The summed E-state index contributed by atoms with van der Waals surface area (Å²) in [7, 11) is 1.96. The van der Waals surface area contributed by atoms with Gasteiger partial charge in [-0.3, -0.25) is 9.67 Å². The molecule has 2 aliphatic heterocycles. The lowest BCUT2D eigenvalue weighted by molar-refractivity contribution is 0.376. The molecule has 5 rings (SSSR count). The summed E-state index contributed by atoms with van der Waals surface area (Å²) in [5.74, 6) is 1.03. The van der Waals surface area contributed by atoms with Crippen LogP contribution in [0.3, 0.4) is 0 Å². The lowest BCUT2D eigenvalue weighted by Gasteiger charge is -2.39. The van der Waals surface area contributed by atoms with Crippen LogP contribution in [0.2, 0.25) is 0 Å². The van der Waals surface area contributed by atoms with E-state index in [4.69, 9.17) is 4.98 Å². The molecule has 3 aromatic heterocycles. The number of nitrogens with zero attached hydrogens (tertiary/aromatic N) is 6. The van der Waals surface area contributed by atoms with Gasteiger partial charge in [-0.15, -0.1) is 0 Å². The van der Waals surface area contributed by atoms with Crippen LogP contribution in [0.1, 0.15) is 36.2 Å². The summed E-state index contributed by atoms with van der Waals surface area (Å²) in [6.07, 6.45) is 5.16. The van der Waals surface area contributed by atoms with Gasteiger partial charge in [0, 0.05) is 63.6 Å². The van der Waals surface area contributed by atoms with E-state index in [1.165, 1.54) is 22.6 Å². The number of rotatable bonds is 3. The summed E-state index contributed by atoms with van der Waals surface area (Å²) in [5, 5.41) is 9.01. The molecule has 0 bridgehead atoms. The average molecular weight is 420 g/mol. The number of hydrogen-bond donors (Lipinski definition) is 1. The van der Waals surface area contributed by atoms with E-state index in [0.29, 0.717) is 11.8 Å². The Kier molecular flexibility index (Phi) is 5.30. The third kappa shape index (κ3) is 3.76. The Balaban J connectivity index is 1.36.